The topological polar surface area (TPSA) is 26.0 Å². The summed E-state index contributed by atoms with van der Waals surface area (Å²) in [6.07, 6.45) is 4.89. The molecule has 2 unspecified atom stereocenters. The van der Waals surface area contributed by atoms with Gasteiger partial charge < -0.3 is 5.73 Å². The van der Waals surface area contributed by atoms with Crippen LogP contribution in [0.5, 0.6) is 0 Å². The summed E-state index contributed by atoms with van der Waals surface area (Å²) in [4.78, 5) is 0. The SMILES string of the molecule is CCC(N)C1CCCc2ccccc21. The van der Waals surface area contributed by atoms with Crippen molar-refractivity contribution in [3.63, 3.8) is 0 Å². The summed E-state index contributed by atoms with van der Waals surface area (Å²) in [6.45, 7) is 2.18. The van der Waals surface area contributed by atoms with Crippen molar-refractivity contribution in [2.24, 2.45) is 5.73 Å². The normalized spacial score (nSPS) is 22.9. The number of benzene rings is 1. The highest BCUT2D eigenvalue weighted by Gasteiger charge is 2.23. The van der Waals surface area contributed by atoms with E-state index in [1.807, 2.05) is 0 Å². The maximum atomic E-state index is 6.16. The highest BCUT2D eigenvalue weighted by molar-refractivity contribution is 5.33. The maximum absolute atomic E-state index is 6.16. The van der Waals surface area contributed by atoms with E-state index >= 15 is 0 Å². The maximum Gasteiger partial charge on any atom is 0.0105 e. The first kappa shape index (κ1) is 9.72. The molecule has 0 bridgehead atoms. The van der Waals surface area contributed by atoms with Crippen LogP contribution >= 0.6 is 0 Å². The van der Waals surface area contributed by atoms with Crippen molar-refractivity contribution in [2.45, 2.75) is 44.6 Å². The Morgan fingerprint density at radius 3 is 3.00 bits per heavy atom. The number of rotatable bonds is 2. The van der Waals surface area contributed by atoms with Gasteiger partial charge in [-0.05, 0) is 42.7 Å². The first-order valence-electron chi connectivity index (χ1n) is 5.66. The molecule has 0 saturated carbocycles. The number of nitrogens with two attached hydrogens (primary N) is 1. The first-order chi connectivity index (χ1) is 6.83. The Morgan fingerprint density at radius 2 is 2.21 bits per heavy atom. The molecule has 0 fully saturated rings. The molecule has 1 aliphatic rings. The van der Waals surface area contributed by atoms with Crippen LogP contribution in [0.25, 0.3) is 0 Å². The van der Waals surface area contributed by atoms with Crippen LogP contribution in [-0.2, 0) is 6.42 Å². The molecule has 14 heavy (non-hydrogen) atoms. The van der Waals surface area contributed by atoms with Crippen LogP contribution < -0.4 is 5.73 Å². The van der Waals surface area contributed by atoms with Gasteiger partial charge in [0.1, 0.15) is 0 Å². The molecule has 1 aliphatic carbocycles. The third kappa shape index (κ3) is 1.69. The van der Waals surface area contributed by atoms with Gasteiger partial charge in [0, 0.05) is 6.04 Å². The minimum atomic E-state index is 0.344. The monoisotopic (exact) mass is 189 g/mol. The van der Waals surface area contributed by atoms with Crippen LogP contribution in [0.2, 0.25) is 0 Å². The molecule has 2 rings (SSSR count). The van der Waals surface area contributed by atoms with Gasteiger partial charge in [-0.2, -0.15) is 0 Å². The van der Waals surface area contributed by atoms with Crippen LogP contribution in [-0.4, -0.2) is 6.04 Å². The molecule has 0 radical (unpaired) electrons. The Hall–Kier alpha value is -0.820. The van der Waals surface area contributed by atoms with Gasteiger partial charge in [0.2, 0.25) is 0 Å². The third-order valence-electron chi connectivity index (χ3n) is 3.40. The lowest BCUT2D eigenvalue weighted by Crippen LogP contribution is -2.30. The highest BCUT2D eigenvalue weighted by atomic mass is 14.6. The van der Waals surface area contributed by atoms with Gasteiger partial charge in [-0.1, -0.05) is 31.2 Å². The summed E-state index contributed by atoms with van der Waals surface area (Å²) in [7, 11) is 0. The molecule has 0 heterocycles. The van der Waals surface area contributed by atoms with E-state index in [1.165, 1.54) is 30.4 Å². The van der Waals surface area contributed by atoms with E-state index in [1.54, 1.807) is 0 Å². The van der Waals surface area contributed by atoms with Gasteiger partial charge in [0.25, 0.3) is 0 Å². The Balaban J connectivity index is 2.30. The van der Waals surface area contributed by atoms with E-state index < -0.39 is 0 Å². The van der Waals surface area contributed by atoms with Gasteiger partial charge in [0.15, 0.2) is 0 Å². The number of hydrogen-bond acceptors (Lipinski definition) is 1. The van der Waals surface area contributed by atoms with Crippen LogP contribution in [0.1, 0.15) is 43.2 Å². The molecule has 0 aliphatic heterocycles. The quantitative estimate of drug-likeness (QED) is 0.760. The molecule has 2 atom stereocenters. The Labute approximate surface area is 86.3 Å². The molecule has 0 aromatic heterocycles. The Kier molecular flexibility index (Phi) is 2.87. The average molecular weight is 189 g/mol. The molecule has 76 valence electrons. The van der Waals surface area contributed by atoms with Gasteiger partial charge in [0.05, 0.1) is 0 Å². The largest absolute Gasteiger partial charge is 0.327 e. The Bertz CT molecular complexity index is 306. The molecule has 1 aromatic carbocycles. The molecule has 0 saturated heterocycles. The second-order valence-corrected chi connectivity index (χ2v) is 4.27. The van der Waals surface area contributed by atoms with Crippen molar-refractivity contribution in [2.75, 3.05) is 0 Å². The van der Waals surface area contributed by atoms with Crippen LogP contribution in [0.15, 0.2) is 24.3 Å². The van der Waals surface area contributed by atoms with Crippen molar-refractivity contribution in [1.29, 1.82) is 0 Å². The minimum absolute atomic E-state index is 0.344. The zero-order chi connectivity index (χ0) is 9.97. The molecular formula is C13H19N. The average Bonchev–Trinajstić information content (AvgIpc) is 2.27. The number of hydrogen-bond donors (Lipinski definition) is 1. The highest BCUT2D eigenvalue weighted by Crippen LogP contribution is 2.33. The second-order valence-electron chi connectivity index (χ2n) is 4.27. The lowest BCUT2D eigenvalue weighted by atomic mass is 9.78. The van der Waals surface area contributed by atoms with Gasteiger partial charge in [-0.15, -0.1) is 0 Å². The number of fused-ring (bicyclic) bond motifs is 1. The summed E-state index contributed by atoms with van der Waals surface area (Å²) in [5.74, 6) is 0.602. The fourth-order valence-electron chi connectivity index (χ4n) is 2.52. The lowest BCUT2D eigenvalue weighted by Gasteiger charge is -2.29. The standard InChI is InChI=1S/C13H19N/c1-2-13(14)12-9-5-7-10-6-3-4-8-11(10)12/h3-4,6,8,12-13H,2,5,7,9,14H2,1H3. The molecule has 1 aromatic rings. The van der Waals surface area contributed by atoms with Crippen molar-refractivity contribution >= 4 is 0 Å². The molecule has 1 heteroatoms. The minimum Gasteiger partial charge on any atom is -0.327 e. The predicted octanol–water partition coefficient (Wildman–Crippen LogP) is 2.84. The first-order valence-corrected chi connectivity index (χ1v) is 5.66. The number of aryl methyl sites for hydroxylation is 1. The van der Waals surface area contributed by atoms with Crippen molar-refractivity contribution in [3.8, 4) is 0 Å². The van der Waals surface area contributed by atoms with Crippen molar-refractivity contribution in [1.82, 2.24) is 0 Å². The summed E-state index contributed by atoms with van der Waals surface area (Å²) in [5.41, 5.74) is 9.19. The fourth-order valence-corrected chi connectivity index (χ4v) is 2.52. The van der Waals surface area contributed by atoms with Crippen LogP contribution in [0.3, 0.4) is 0 Å². The zero-order valence-electron chi connectivity index (χ0n) is 8.87. The molecular weight excluding hydrogens is 170 g/mol. The van der Waals surface area contributed by atoms with Crippen LogP contribution in [0, 0.1) is 0 Å². The van der Waals surface area contributed by atoms with E-state index in [9.17, 15) is 0 Å². The lowest BCUT2D eigenvalue weighted by molar-refractivity contribution is 0.453. The molecule has 1 nitrogen and oxygen atoms in total. The van der Waals surface area contributed by atoms with Gasteiger partial charge in [-0.3, -0.25) is 0 Å². The summed E-state index contributed by atoms with van der Waals surface area (Å²) in [6, 6.07) is 9.13. The van der Waals surface area contributed by atoms with E-state index in [0.29, 0.717) is 12.0 Å². The summed E-state index contributed by atoms with van der Waals surface area (Å²) >= 11 is 0. The smallest absolute Gasteiger partial charge is 0.0105 e. The fraction of sp³-hybridized carbons (Fsp3) is 0.538. The second kappa shape index (κ2) is 4.14. The van der Waals surface area contributed by atoms with Crippen LogP contribution in [0.4, 0.5) is 0 Å². The van der Waals surface area contributed by atoms with Crippen molar-refractivity contribution < 1.29 is 0 Å². The zero-order valence-corrected chi connectivity index (χ0v) is 8.87. The van der Waals surface area contributed by atoms with E-state index in [-0.39, 0.29) is 0 Å². The molecule has 0 spiro atoms. The summed E-state index contributed by atoms with van der Waals surface area (Å²) in [5, 5.41) is 0. The third-order valence-corrected chi connectivity index (χ3v) is 3.40. The van der Waals surface area contributed by atoms with E-state index in [4.69, 9.17) is 5.73 Å². The van der Waals surface area contributed by atoms with Crippen molar-refractivity contribution in [3.05, 3.63) is 35.4 Å². The molecule has 2 N–H and O–H groups in total. The van der Waals surface area contributed by atoms with Gasteiger partial charge >= 0.3 is 0 Å². The van der Waals surface area contributed by atoms with Gasteiger partial charge in [-0.25, -0.2) is 0 Å². The summed E-state index contributed by atoms with van der Waals surface area (Å²) < 4.78 is 0. The molecule has 0 amide bonds. The van der Waals surface area contributed by atoms with E-state index in [0.717, 1.165) is 6.42 Å². The predicted molar refractivity (Wildman–Crippen MR) is 60.4 cm³/mol. The van der Waals surface area contributed by atoms with E-state index in [2.05, 4.69) is 31.2 Å². The Morgan fingerprint density at radius 1 is 1.43 bits per heavy atom.